The second kappa shape index (κ2) is 8.26. The van der Waals surface area contributed by atoms with Crippen molar-refractivity contribution in [1.82, 2.24) is 10.2 Å². The third-order valence-corrected chi connectivity index (χ3v) is 2.67. The molecule has 1 N–H and O–H groups in total. The van der Waals surface area contributed by atoms with Gasteiger partial charge in [-0.2, -0.15) is 0 Å². The lowest BCUT2D eigenvalue weighted by molar-refractivity contribution is -0.152. The molecule has 0 saturated heterocycles. The number of carbonyl (C=O) groups excluding carboxylic acids is 2. The lowest BCUT2D eigenvalue weighted by atomic mass is 10.2. The Balaban J connectivity index is 2.16. The molecule has 1 aromatic rings. The highest BCUT2D eigenvalue weighted by Crippen LogP contribution is 2.02. The van der Waals surface area contributed by atoms with E-state index < -0.39 is 11.9 Å². The first kappa shape index (κ1) is 15.2. The average Bonchev–Trinajstić information content (AvgIpc) is 2.43. The van der Waals surface area contributed by atoms with Crippen molar-refractivity contribution in [1.29, 1.82) is 0 Å². The maximum atomic E-state index is 11.1. The number of hydrogen-bond acceptors (Lipinski definition) is 4. The van der Waals surface area contributed by atoms with Gasteiger partial charge >= 0.3 is 11.9 Å². The van der Waals surface area contributed by atoms with Crippen molar-refractivity contribution in [2.45, 2.75) is 13.0 Å². The first-order valence-electron chi connectivity index (χ1n) is 6.22. The summed E-state index contributed by atoms with van der Waals surface area (Å²) < 4.78 is 4.31. The Morgan fingerprint density at radius 2 is 1.95 bits per heavy atom. The van der Waals surface area contributed by atoms with Crippen LogP contribution in [0.15, 0.2) is 30.3 Å². The summed E-state index contributed by atoms with van der Waals surface area (Å²) in [5.41, 5.74) is 1.25. The van der Waals surface area contributed by atoms with Crippen LogP contribution in [0.4, 0.5) is 0 Å². The molecule has 5 nitrogen and oxygen atoms in total. The molecule has 5 heteroatoms. The standard InChI is InChI=1S/C14H20N2O3/c1-16(11-12-7-4-3-5-8-12)10-6-9-15-13(17)14(18)19-2/h3-5,7-8H,6,9-11H2,1-2H3,(H,15,17). The van der Waals surface area contributed by atoms with Crippen molar-refractivity contribution in [2.24, 2.45) is 0 Å². The Bertz CT molecular complexity index is 406. The Morgan fingerprint density at radius 1 is 1.26 bits per heavy atom. The van der Waals surface area contributed by atoms with Crippen LogP contribution in [-0.2, 0) is 20.9 Å². The van der Waals surface area contributed by atoms with Gasteiger partial charge in [-0.3, -0.25) is 4.79 Å². The van der Waals surface area contributed by atoms with E-state index in [9.17, 15) is 9.59 Å². The minimum Gasteiger partial charge on any atom is -0.462 e. The fraction of sp³-hybridized carbons (Fsp3) is 0.429. The average molecular weight is 264 g/mol. The van der Waals surface area contributed by atoms with Gasteiger partial charge < -0.3 is 15.0 Å². The number of rotatable bonds is 6. The molecule has 0 heterocycles. The normalized spacial score (nSPS) is 10.3. The molecule has 0 aromatic heterocycles. The molecular weight excluding hydrogens is 244 g/mol. The summed E-state index contributed by atoms with van der Waals surface area (Å²) in [4.78, 5) is 24.1. The first-order valence-corrected chi connectivity index (χ1v) is 6.22. The predicted molar refractivity (Wildman–Crippen MR) is 72.4 cm³/mol. The summed E-state index contributed by atoms with van der Waals surface area (Å²) in [5, 5.41) is 2.51. The van der Waals surface area contributed by atoms with Crippen molar-refractivity contribution in [3.8, 4) is 0 Å². The minimum atomic E-state index is -0.849. The lowest BCUT2D eigenvalue weighted by Gasteiger charge is -2.16. The molecule has 0 spiro atoms. The van der Waals surface area contributed by atoms with Crippen LogP contribution in [0.3, 0.4) is 0 Å². The van der Waals surface area contributed by atoms with E-state index in [0.29, 0.717) is 6.54 Å². The SMILES string of the molecule is COC(=O)C(=O)NCCCN(C)Cc1ccccc1. The molecule has 0 fully saturated rings. The van der Waals surface area contributed by atoms with Crippen LogP contribution >= 0.6 is 0 Å². The van der Waals surface area contributed by atoms with Crippen LogP contribution < -0.4 is 5.32 Å². The van der Waals surface area contributed by atoms with Gasteiger partial charge in [-0.25, -0.2) is 4.79 Å². The first-order chi connectivity index (χ1) is 9.13. The second-order valence-electron chi connectivity index (χ2n) is 4.32. The monoisotopic (exact) mass is 264 g/mol. The van der Waals surface area contributed by atoms with Gasteiger partial charge in [0.1, 0.15) is 0 Å². The topological polar surface area (TPSA) is 58.6 Å². The smallest absolute Gasteiger partial charge is 0.396 e. The Kier molecular flexibility index (Phi) is 6.60. The molecule has 0 aliphatic carbocycles. The molecule has 104 valence electrons. The Hall–Kier alpha value is -1.88. The number of nitrogens with zero attached hydrogens (tertiary/aromatic N) is 1. The van der Waals surface area contributed by atoms with Gasteiger partial charge in [0.2, 0.25) is 0 Å². The summed E-state index contributed by atoms with van der Waals surface area (Å²) in [7, 11) is 3.21. The van der Waals surface area contributed by atoms with E-state index >= 15 is 0 Å². The largest absolute Gasteiger partial charge is 0.462 e. The molecule has 0 bridgehead atoms. The van der Waals surface area contributed by atoms with Crippen molar-refractivity contribution < 1.29 is 14.3 Å². The maximum absolute atomic E-state index is 11.1. The highest BCUT2D eigenvalue weighted by molar-refractivity contribution is 6.32. The van der Waals surface area contributed by atoms with Crippen molar-refractivity contribution >= 4 is 11.9 Å². The number of nitrogens with one attached hydrogen (secondary N) is 1. The quantitative estimate of drug-likeness (QED) is 0.469. The zero-order valence-corrected chi connectivity index (χ0v) is 11.4. The maximum Gasteiger partial charge on any atom is 0.396 e. The van der Waals surface area contributed by atoms with Crippen molar-refractivity contribution in [3.63, 3.8) is 0 Å². The summed E-state index contributed by atoms with van der Waals surface area (Å²) in [5.74, 6) is -1.54. The molecule has 0 atom stereocenters. The summed E-state index contributed by atoms with van der Waals surface area (Å²) in [6.45, 7) is 2.18. The highest BCUT2D eigenvalue weighted by atomic mass is 16.5. The van der Waals surface area contributed by atoms with E-state index in [1.807, 2.05) is 25.2 Å². The fourth-order valence-corrected chi connectivity index (χ4v) is 1.69. The number of benzene rings is 1. The van der Waals surface area contributed by atoms with Crippen molar-refractivity contribution in [3.05, 3.63) is 35.9 Å². The Morgan fingerprint density at radius 3 is 2.58 bits per heavy atom. The van der Waals surface area contributed by atoms with Crippen LogP contribution in [0, 0.1) is 0 Å². The van der Waals surface area contributed by atoms with Gasteiger partial charge in [-0.1, -0.05) is 30.3 Å². The second-order valence-corrected chi connectivity index (χ2v) is 4.32. The zero-order valence-electron chi connectivity index (χ0n) is 11.4. The van der Waals surface area contributed by atoms with Gasteiger partial charge in [0.25, 0.3) is 0 Å². The van der Waals surface area contributed by atoms with Crippen LogP contribution in [-0.4, -0.2) is 44.0 Å². The van der Waals surface area contributed by atoms with Gasteiger partial charge in [0.05, 0.1) is 7.11 Å². The molecule has 0 aliphatic heterocycles. The van der Waals surface area contributed by atoms with E-state index in [1.54, 1.807) is 0 Å². The summed E-state index contributed by atoms with van der Waals surface area (Å²) >= 11 is 0. The summed E-state index contributed by atoms with van der Waals surface area (Å²) in [6.07, 6.45) is 0.784. The molecule has 19 heavy (non-hydrogen) atoms. The van der Waals surface area contributed by atoms with Crippen LogP contribution in [0.2, 0.25) is 0 Å². The van der Waals surface area contributed by atoms with Gasteiger partial charge in [0, 0.05) is 13.1 Å². The molecular formula is C14H20N2O3. The molecule has 1 aromatic carbocycles. The lowest BCUT2D eigenvalue weighted by Crippen LogP contribution is -2.33. The third-order valence-electron chi connectivity index (χ3n) is 2.67. The number of esters is 1. The van der Waals surface area contributed by atoms with E-state index in [0.717, 1.165) is 19.5 Å². The minimum absolute atomic E-state index is 0.465. The van der Waals surface area contributed by atoms with Crippen LogP contribution in [0.5, 0.6) is 0 Å². The molecule has 0 saturated carbocycles. The molecule has 1 amide bonds. The zero-order chi connectivity index (χ0) is 14.1. The molecule has 0 aliphatic rings. The number of hydrogen-bond donors (Lipinski definition) is 1. The number of methoxy groups -OCH3 is 1. The summed E-state index contributed by atoms with van der Waals surface area (Å²) in [6, 6.07) is 10.2. The molecule has 1 rings (SSSR count). The number of ether oxygens (including phenoxy) is 1. The third kappa shape index (κ3) is 6.01. The number of carbonyl (C=O) groups is 2. The van der Waals surface area contributed by atoms with E-state index in [-0.39, 0.29) is 0 Å². The van der Waals surface area contributed by atoms with E-state index in [2.05, 4.69) is 27.1 Å². The van der Waals surface area contributed by atoms with Crippen molar-refractivity contribution in [2.75, 3.05) is 27.2 Å². The van der Waals surface area contributed by atoms with Gasteiger partial charge in [-0.15, -0.1) is 0 Å². The van der Waals surface area contributed by atoms with Crippen LogP contribution in [0.1, 0.15) is 12.0 Å². The Labute approximate surface area is 113 Å². The van der Waals surface area contributed by atoms with Crippen LogP contribution in [0.25, 0.3) is 0 Å². The van der Waals surface area contributed by atoms with Gasteiger partial charge in [0.15, 0.2) is 0 Å². The van der Waals surface area contributed by atoms with E-state index in [4.69, 9.17) is 0 Å². The fourth-order valence-electron chi connectivity index (χ4n) is 1.69. The predicted octanol–water partition coefficient (Wildman–Crippen LogP) is 0.798. The number of amides is 1. The van der Waals surface area contributed by atoms with E-state index in [1.165, 1.54) is 12.7 Å². The van der Waals surface area contributed by atoms with Gasteiger partial charge in [-0.05, 0) is 25.6 Å². The molecule has 0 unspecified atom stereocenters. The molecule has 0 radical (unpaired) electrons. The highest BCUT2D eigenvalue weighted by Gasteiger charge is 2.11.